The van der Waals surface area contributed by atoms with Gasteiger partial charge in [-0.15, -0.1) is 0 Å². The summed E-state index contributed by atoms with van der Waals surface area (Å²) in [5.41, 5.74) is 13.3. The molecule has 4 nitrogen and oxygen atoms in total. The van der Waals surface area contributed by atoms with Gasteiger partial charge in [-0.1, -0.05) is 12.1 Å². The van der Waals surface area contributed by atoms with Crippen LogP contribution in [0.25, 0.3) is 0 Å². The number of amides is 1. The first-order chi connectivity index (χ1) is 9.47. The molecule has 2 rings (SSSR count). The van der Waals surface area contributed by atoms with E-state index in [0.717, 1.165) is 5.56 Å². The lowest BCUT2D eigenvalue weighted by atomic mass is 10.1. The second kappa shape index (κ2) is 5.61. The highest BCUT2D eigenvalue weighted by molar-refractivity contribution is 5.94. The summed E-state index contributed by atoms with van der Waals surface area (Å²) in [5, 5.41) is 3.18. The quantitative estimate of drug-likeness (QED) is 0.749. The van der Waals surface area contributed by atoms with E-state index in [-0.39, 0.29) is 11.9 Å². The molecule has 0 aliphatic rings. The van der Waals surface area contributed by atoms with Crippen LogP contribution in [0.15, 0.2) is 42.5 Å². The van der Waals surface area contributed by atoms with Crippen molar-refractivity contribution in [1.82, 2.24) is 0 Å². The molecule has 0 aromatic heterocycles. The highest BCUT2D eigenvalue weighted by Gasteiger charge is 2.09. The molecule has 0 radical (unpaired) electrons. The van der Waals surface area contributed by atoms with Crippen molar-refractivity contribution in [2.45, 2.75) is 13.0 Å². The third kappa shape index (κ3) is 3.06. The van der Waals surface area contributed by atoms with Crippen LogP contribution in [0.5, 0.6) is 0 Å². The Morgan fingerprint density at radius 2 is 2.00 bits per heavy atom. The molecule has 104 valence electrons. The maximum absolute atomic E-state index is 13.2. The fourth-order valence-electron chi connectivity index (χ4n) is 1.94. The Bertz CT molecular complexity index is 643. The first-order valence-electron chi connectivity index (χ1n) is 6.18. The van der Waals surface area contributed by atoms with Gasteiger partial charge in [-0.2, -0.15) is 0 Å². The third-order valence-electron chi connectivity index (χ3n) is 3.06. The van der Waals surface area contributed by atoms with E-state index in [1.807, 2.05) is 13.0 Å². The average Bonchev–Trinajstić information content (AvgIpc) is 2.40. The molecule has 0 fully saturated rings. The molecule has 5 N–H and O–H groups in total. The Kier molecular flexibility index (Phi) is 3.89. The molecule has 1 atom stereocenters. The number of anilines is 2. The molecule has 1 unspecified atom stereocenters. The van der Waals surface area contributed by atoms with Crippen molar-refractivity contribution >= 4 is 17.3 Å². The molecule has 0 aliphatic heterocycles. The van der Waals surface area contributed by atoms with Crippen molar-refractivity contribution in [1.29, 1.82) is 0 Å². The second-order valence-electron chi connectivity index (χ2n) is 4.59. The Morgan fingerprint density at radius 3 is 2.60 bits per heavy atom. The zero-order valence-corrected chi connectivity index (χ0v) is 11.1. The van der Waals surface area contributed by atoms with Gasteiger partial charge in [-0.05, 0) is 42.8 Å². The molecule has 0 spiro atoms. The summed E-state index contributed by atoms with van der Waals surface area (Å²) in [6.45, 7) is 1.90. The summed E-state index contributed by atoms with van der Waals surface area (Å²) < 4.78 is 13.2. The van der Waals surface area contributed by atoms with E-state index in [9.17, 15) is 9.18 Å². The predicted octanol–water partition coefficient (Wildman–Crippen LogP) is 2.68. The number of hydrogen-bond donors (Lipinski definition) is 3. The van der Waals surface area contributed by atoms with Crippen LogP contribution in [0.2, 0.25) is 0 Å². The van der Waals surface area contributed by atoms with Gasteiger partial charge in [0.15, 0.2) is 0 Å². The minimum atomic E-state index is -0.526. The molecule has 20 heavy (non-hydrogen) atoms. The van der Waals surface area contributed by atoms with Crippen LogP contribution in [0.1, 0.15) is 28.9 Å². The lowest BCUT2D eigenvalue weighted by Crippen LogP contribution is -2.13. The lowest BCUT2D eigenvalue weighted by Gasteiger charge is -2.17. The maximum atomic E-state index is 13.2. The smallest absolute Gasteiger partial charge is 0.248 e. The van der Waals surface area contributed by atoms with Crippen molar-refractivity contribution in [2.24, 2.45) is 5.73 Å². The molecular formula is C15H16FN3O. The minimum absolute atomic E-state index is 0.118. The molecule has 0 bridgehead atoms. The van der Waals surface area contributed by atoms with Crippen molar-refractivity contribution in [2.75, 3.05) is 11.1 Å². The number of carbonyl (C=O) groups excluding carboxylic acids is 1. The van der Waals surface area contributed by atoms with Crippen molar-refractivity contribution in [3.05, 3.63) is 59.4 Å². The molecule has 5 heteroatoms. The van der Waals surface area contributed by atoms with Crippen LogP contribution in [0.3, 0.4) is 0 Å². The summed E-state index contributed by atoms with van der Waals surface area (Å²) in [7, 11) is 0. The molecule has 0 saturated carbocycles. The molecule has 2 aromatic rings. The summed E-state index contributed by atoms with van der Waals surface area (Å²) in [4.78, 5) is 11.1. The number of rotatable bonds is 4. The number of primary amides is 1. The van der Waals surface area contributed by atoms with Gasteiger partial charge >= 0.3 is 0 Å². The van der Waals surface area contributed by atoms with Crippen molar-refractivity contribution < 1.29 is 9.18 Å². The van der Waals surface area contributed by atoms with Gasteiger partial charge in [-0.25, -0.2) is 4.39 Å². The van der Waals surface area contributed by atoms with Crippen LogP contribution in [-0.2, 0) is 0 Å². The van der Waals surface area contributed by atoms with E-state index in [1.54, 1.807) is 18.2 Å². The van der Waals surface area contributed by atoms with Crippen LogP contribution in [-0.4, -0.2) is 5.91 Å². The molecule has 1 amide bonds. The fraction of sp³-hybridized carbons (Fsp3) is 0.133. The molecule has 0 saturated heterocycles. The summed E-state index contributed by atoms with van der Waals surface area (Å²) in [6.07, 6.45) is 0. The largest absolute Gasteiger partial charge is 0.397 e. The van der Waals surface area contributed by atoms with Crippen molar-refractivity contribution in [3.63, 3.8) is 0 Å². The topological polar surface area (TPSA) is 81.1 Å². The first kappa shape index (κ1) is 13.9. The number of hydrogen-bond acceptors (Lipinski definition) is 3. The van der Waals surface area contributed by atoms with Gasteiger partial charge in [0.1, 0.15) is 5.82 Å². The minimum Gasteiger partial charge on any atom is -0.397 e. The van der Waals surface area contributed by atoms with E-state index < -0.39 is 5.91 Å². The molecule has 0 heterocycles. The maximum Gasteiger partial charge on any atom is 0.248 e. The second-order valence-corrected chi connectivity index (χ2v) is 4.59. The number of benzene rings is 2. The zero-order chi connectivity index (χ0) is 14.7. The lowest BCUT2D eigenvalue weighted by molar-refractivity contribution is 0.100. The van der Waals surface area contributed by atoms with Gasteiger partial charge in [0.2, 0.25) is 5.91 Å². The van der Waals surface area contributed by atoms with Gasteiger partial charge in [0.05, 0.1) is 11.4 Å². The number of nitrogen functional groups attached to an aromatic ring is 1. The third-order valence-corrected chi connectivity index (χ3v) is 3.06. The number of nitrogens with two attached hydrogens (primary N) is 2. The Morgan fingerprint density at radius 1 is 1.25 bits per heavy atom. The molecule has 2 aromatic carbocycles. The highest BCUT2D eigenvalue weighted by atomic mass is 19.1. The van der Waals surface area contributed by atoms with E-state index in [4.69, 9.17) is 11.5 Å². The zero-order valence-electron chi connectivity index (χ0n) is 11.1. The summed E-state index contributed by atoms with van der Waals surface area (Å²) in [5.74, 6) is -0.811. The highest BCUT2D eigenvalue weighted by Crippen LogP contribution is 2.25. The predicted molar refractivity (Wildman–Crippen MR) is 77.8 cm³/mol. The van der Waals surface area contributed by atoms with Gasteiger partial charge in [0, 0.05) is 11.6 Å². The first-order valence-corrected chi connectivity index (χ1v) is 6.18. The number of carbonyl (C=O) groups is 1. The number of halogens is 1. The normalized spacial score (nSPS) is 11.9. The van der Waals surface area contributed by atoms with Crippen LogP contribution < -0.4 is 16.8 Å². The van der Waals surface area contributed by atoms with Gasteiger partial charge in [0.25, 0.3) is 0 Å². The Balaban J connectivity index is 2.19. The number of nitrogens with one attached hydrogen (secondary N) is 1. The Labute approximate surface area is 116 Å². The van der Waals surface area contributed by atoms with E-state index in [0.29, 0.717) is 16.9 Å². The summed E-state index contributed by atoms with van der Waals surface area (Å²) >= 11 is 0. The molecule has 0 aliphatic carbocycles. The van der Waals surface area contributed by atoms with Crippen LogP contribution >= 0.6 is 0 Å². The van der Waals surface area contributed by atoms with Crippen LogP contribution in [0.4, 0.5) is 15.8 Å². The fourth-order valence-corrected chi connectivity index (χ4v) is 1.94. The standard InChI is InChI=1S/C15H16FN3O/c1-9(10-3-2-4-12(16)7-10)19-14-6-5-11(15(18)20)8-13(14)17/h2-9,19H,17H2,1H3,(H2,18,20). The average molecular weight is 273 g/mol. The van der Waals surface area contributed by atoms with Gasteiger partial charge < -0.3 is 16.8 Å². The van der Waals surface area contributed by atoms with Crippen molar-refractivity contribution in [3.8, 4) is 0 Å². The van der Waals surface area contributed by atoms with E-state index >= 15 is 0 Å². The summed E-state index contributed by atoms with van der Waals surface area (Å²) in [6, 6.07) is 11.0. The monoisotopic (exact) mass is 273 g/mol. The molecular weight excluding hydrogens is 257 g/mol. The SMILES string of the molecule is CC(Nc1ccc(C(N)=O)cc1N)c1cccc(F)c1. The van der Waals surface area contributed by atoms with E-state index in [1.165, 1.54) is 18.2 Å². The van der Waals surface area contributed by atoms with E-state index in [2.05, 4.69) is 5.32 Å². The Hall–Kier alpha value is -2.56. The van der Waals surface area contributed by atoms with Gasteiger partial charge in [-0.3, -0.25) is 4.79 Å². The van der Waals surface area contributed by atoms with Crippen LogP contribution in [0, 0.1) is 5.82 Å².